The fourth-order valence-corrected chi connectivity index (χ4v) is 3.57. The third-order valence-corrected chi connectivity index (χ3v) is 4.75. The third kappa shape index (κ3) is 2.50. The Morgan fingerprint density at radius 3 is 3.05 bits per heavy atom. The maximum atomic E-state index is 10.7. The summed E-state index contributed by atoms with van der Waals surface area (Å²) in [7, 11) is 0. The third-order valence-electron chi connectivity index (χ3n) is 3.41. The Labute approximate surface area is 121 Å². The van der Waals surface area contributed by atoms with Crippen LogP contribution in [-0.4, -0.2) is 11.7 Å². The number of ether oxygens (including phenoxy) is 1. The summed E-state index contributed by atoms with van der Waals surface area (Å²) in [6.07, 6.45) is 1.40. The van der Waals surface area contributed by atoms with Crippen molar-refractivity contribution in [2.45, 2.75) is 25.4 Å². The van der Waals surface area contributed by atoms with Gasteiger partial charge in [-0.1, -0.05) is 17.7 Å². The van der Waals surface area contributed by atoms with Gasteiger partial charge in [0.2, 0.25) is 0 Å². The van der Waals surface area contributed by atoms with E-state index in [0.717, 1.165) is 28.2 Å². The van der Waals surface area contributed by atoms with Crippen molar-refractivity contribution < 1.29 is 9.84 Å². The molecule has 0 amide bonds. The molecule has 0 spiro atoms. The zero-order valence-electron chi connectivity index (χ0n) is 10.6. The maximum Gasteiger partial charge on any atom is 0.126 e. The van der Waals surface area contributed by atoms with Gasteiger partial charge in [-0.3, -0.25) is 0 Å². The van der Waals surface area contributed by atoms with Gasteiger partial charge < -0.3 is 9.84 Å². The number of halogens is 1. The SMILES string of the molecule is CC(O)(Cc1cc(Cl)cc2c1OCC2)c1cccs1. The van der Waals surface area contributed by atoms with Gasteiger partial charge in [0.05, 0.1) is 6.61 Å². The van der Waals surface area contributed by atoms with Gasteiger partial charge in [0.1, 0.15) is 11.4 Å². The van der Waals surface area contributed by atoms with Crippen molar-refractivity contribution in [2.24, 2.45) is 0 Å². The van der Waals surface area contributed by atoms with Crippen LogP contribution < -0.4 is 4.74 Å². The van der Waals surface area contributed by atoms with Crippen LogP contribution in [0.2, 0.25) is 5.02 Å². The highest BCUT2D eigenvalue weighted by Gasteiger charge is 2.28. The van der Waals surface area contributed by atoms with E-state index in [1.807, 2.05) is 36.6 Å². The van der Waals surface area contributed by atoms with Crippen molar-refractivity contribution in [2.75, 3.05) is 6.61 Å². The first-order chi connectivity index (χ1) is 9.06. The highest BCUT2D eigenvalue weighted by atomic mass is 35.5. The highest BCUT2D eigenvalue weighted by molar-refractivity contribution is 7.10. The number of benzene rings is 1. The van der Waals surface area contributed by atoms with Crippen molar-refractivity contribution in [1.82, 2.24) is 0 Å². The second-order valence-corrected chi connectivity index (χ2v) is 6.46. The smallest absolute Gasteiger partial charge is 0.126 e. The van der Waals surface area contributed by atoms with Crippen LogP contribution >= 0.6 is 22.9 Å². The minimum atomic E-state index is -0.890. The predicted molar refractivity (Wildman–Crippen MR) is 78.2 cm³/mol. The van der Waals surface area contributed by atoms with E-state index in [4.69, 9.17) is 16.3 Å². The van der Waals surface area contributed by atoms with Crippen LogP contribution in [-0.2, 0) is 18.4 Å². The van der Waals surface area contributed by atoms with E-state index in [9.17, 15) is 5.11 Å². The molecule has 100 valence electrons. The van der Waals surface area contributed by atoms with Gasteiger partial charge in [-0.25, -0.2) is 0 Å². The summed E-state index contributed by atoms with van der Waals surface area (Å²) in [6, 6.07) is 7.75. The number of thiophene rings is 1. The Bertz CT molecular complexity index is 590. The van der Waals surface area contributed by atoms with Gasteiger partial charge in [0, 0.05) is 22.7 Å². The van der Waals surface area contributed by atoms with E-state index in [0.29, 0.717) is 18.1 Å². The fraction of sp³-hybridized carbons (Fsp3) is 0.333. The topological polar surface area (TPSA) is 29.5 Å². The molecule has 2 aromatic rings. The normalized spacial score (nSPS) is 16.8. The van der Waals surface area contributed by atoms with Gasteiger partial charge in [-0.15, -0.1) is 11.3 Å². The molecule has 1 aliphatic rings. The second-order valence-electron chi connectivity index (χ2n) is 5.08. The van der Waals surface area contributed by atoms with Crippen LogP contribution in [0.1, 0.15) is 22.9 Å². The number of rotatable bonds is 3. The molecule has 0 fully saturated rings. The molecule has 1 unspecified atom stereocenters. The van der Waals surface area contributed by atoms with Crippen molar-refractivity contribution in [3.8, 4) is 5.75 Å². The lowest BCUT2D eigenvalue weighted by Crippen LogP contribution is -2.23. The molecule has 2 heterocycles. The summed E-state index contributed by atoms with van der Waals surface area (Å²) in [5, 5.41) is 13.3. The van der Waals surface area contributed by atoms with Gasteiger partial charge in [-0.2, -0.15) is 0 Å². The number of fused-ring (bicyclic) bond motifs is 1. The van der Waals surface area contributed by atoms with Crippen molar-refractivity contribution in [3.05, 3.63) is 50.7 Å². The summed E-state index contributed by atoms with van der Waals surface area (Å²) in [5.41, 5.74) is 1.24. The maximum absolute atomic E-state index is 10.7. The van der Waals surface area contributed by atoms with E-state index in [2.05, 4.69) is 0 Å². The molecular formula is C15H15ClO2S. The lowest BCUT2D eigenvalue weighted by atomic mass is 9.93. The molecule has 3 rings (SSSR count). The summed E-state index contributed by atoms with van der Waals surface area (Å²) in [6.45, 7) is 2.53. The van der Waals surface area contributed by atoms with Crippen LogP contribution in [0.25, 0.3) is 0 Å². The Balaban J connectivity index is 1.96. The number of hydrogen-bond acceptors (Lipinski definition) is 3. The minimum Gasteiger partial charge on any atom is -0.493 e. The zero-order chi connectivity index (χ0) is 13.5. The Kier molecular flexibility index (Phi) is 3.29. The Morgan fingerprint density at radius 1 is 1.47 bits per heavy atom. The zero-order valence-corrected chi connectivity index (χ0v) is 12.2. The van der Waals surface area contributed by atoms with Crippen LogP contribution in [0.4, 0.5) is 0 Å². The first-order valence-electron chi connectivity index (χ1n) is 6.27. The minimum absolute atomic E-state index is 0.510. The molecule has 0 bridgehead atoms. The van der Waals surface area contributed by atoms with Crippen molar-refractivity contribution in [3.63, 3.8) is 0 Å². The highest BCUT2D eigenvalue weighted by Crippen LogP contribution is 2.37. The largest absolute Gasteiger partial charge is 0.493 e. The molecule has 1 aromatic carbocycles. The number of hydrogen-bond donors (Lipinski definition) is 1. The first-order valence-corrected chi connectivity index (χ1v) is 7.52. The molecule has 1 aromatic heterocycles. The second kappa shape index (κ2) is 4.82. The molecule has 0 saturated heterocycles. The first kappa shape index (κ1) is 13.0. The predicted octanol–water partition coefficient (Wildman–Crippen LogP) is 3.79. The Hall–Kier alpha value is -1.03. The van der Waals surface area contributed by atoms with E-state index in [1.165, 1.54) is 0 Å². The lowest BCUT2D eigenvalue weighted by molar-refractivity contribution is 0.0608. The molecule has 0 aliphatic carbocycles. The monoisotopic (exact) mass is 294 g/mol. The molecule has 2 nitrogen and oxygen atoms in total. The van der Waals surface area contributed by atoms with Crippen molar-refractivity contribution in [1.29, 1.82) is 0 Å². The van der Waals surface area contributed by atoms with Gasteiger partial charge >= 0.3 is 0 Å². The van der Waals surface area contributed by atoms with Gasteiger partial charge in [-0.05, 0) is 41.6 Å². The summed E-state index contributed by atoms with van der Waals surface area (Å²) in [4.78, 5) is 0.958. The molecule has 1 aliphatic heterocycles. The molecule has 4 heteroatoms. The fourth-order valence-electron chi connectivity index (χ4n) is 2.52. The molecule has 19 heavy (non-hydrogen) atoms. The summed E-state index contributed by atoms with van der Waals surface area (Å²) in [5.74, 6) is 0.904. The van der Waals surface area contributed by atoms with E-state index in [1.54, 1.807) is 11.3 Å². The van der Waals surface area contributed by atoms with Crippen LogP contribution in [0.3, 0.4) is 0 Å². The molecule has 0 radical (unpaired) electrons. The van der Waals surface area contributed by atoms with Gasteiger partial charge in [0.15, 0.2) is 0 Å². The van der Waals surface area contributed by atoms with E-state index >= 15 is 0 Å². The standard InChI is InChI=1S/C15H15ClO2S/c1-15(17,13-3-2-6-19-13)9-11-8-12(16)7-10-4-5-18-14(10)11/h2-3,6-8,17H,4-5,9H2,1H3. The van der Waals surface area contributed by atoms with Gasteiger partial charge in [0.25, 0.3) is 0 Å². The summed E-state index contributed by atoms with van der Waals surface area (Å²) >= 11 is 7.71. The van der Waals surface area contributed by atoms with Crippen LogP contribution in [0, 0.1) is 0 Å². The molecule has 1 N–H and O–H groups in total. The molecule has 0 saturated carbocycles. The quantitative estimate of drug-likeness (QED) is 0.933. The Morgan fingerprint density at radius 2 is 2.32 bits per heavy atom. The molecule has 1 atom stereocenters. The average molecular weight is 295 g/mol. The van der Waals surface area contributed by atoms with Crippen molar-refractivity contribution >= 4 is 22.9 Å². The van der Waals surface area contributed by atoms with E-state index in [-0.39, 0.29) is 0 Å². The average Bonchev–Trinajstić information content (AvgIpc) is 2.98. The van der Waals surface area contributed by atoms with Crippen LogP contribution in [0.15, 0.2) is 29.6 Å². The number of aliphatic hydroxyl groups is 1. The van der Waals surface area contributed by atoms with E-state index < -0.39 is 5.60 Å². The lowest BCUT2D eigenvalue weighted by Gasteiger charge is -2.23. The molecular weight excluding hydrogens is 280 g/mol. The van der Waals surface area contributed by atoms with Crippen LogP contribution in [0.5, 0.6) is 5.75 Å². The summed E-state index contributed by atoms with van der Waals surface area (Å²) < 4.78 is 5.68.